The first-order chi connectivity index (χ1) is 14.1. The van der Waals surface area contributed by atoms with Crippen molar-refractivity contribution < 1.29 is 19.0 Å². The lowest BCUT2D eigenvalue weighted by Crippen LogP contribution is -2.42. The number of hydrogen-bond donors (Lipinski definition) is 3. The lowest BCUT2D eigenvalue weighted by molar-refractivity contribution is -0.123. The molecule has 1 saturated heterocycles. The number of carbonyl (C=O) groups excluding carboxylic acids is 1. The van der Waals surface area contributed by atoms with Crippen LogP contribution in [0.25, 0.3) is 0 Å². The van der Waals surface area contributed by atoms with Gasteiger partial charge >= 0.3 is 0 Å². The standard InChI is InChI=1S/C22H29N3O4/c1-4-11-29-16-7-5-15(6-8-16)14-23-22(26)20-13-19(24-25-20)18-10-9-17(27-2)12-21(18)28-3/h5-10,12,19-20,24-25H,4,11,13-14H2,1-3H3,(H,23,26). The van der Waals surface area contributed by atoms with Crippen LogP contribution in [0.4, 0.5) is 0 Å². The van der Waals surface area contributed by atoms with Crippen molar-refractivity contribution in [3.8, 4) is 17.2 Å². The molecule has 1 aliphatic rings. The molecule has 1 fully saturated rings. The third-order valence-electron chi connectivity index (χ3n) is 4.90. The average Bonchev–Trinajstić information content (AvgIpc) is 3.26. The van der Waals surface area contributed by atoms with Gasteiger partial charge in [-0.15, -0.1) is 0 Å². The summed E-state index contributed by atoms with van der Waals surface area (Å²) in [7, 11) is 3.25. The Morgan fingerprint density at radius 3 is 2.52 bits per heavy atom. The van der Waals surface area contributed by atoms with Gasteiger partial charge < -0.3 is 19.5 Å². The van der Waals surface area contributed by atoms with Crippen LogP contribution < -0.4 is 30.4 Å². The Balaban J connectivity index is 1.53. The van der Waals surface area contributed by atoms with Gasteiger partial charge in [0.25, 0.3) is 0 Å². The van der Waals surface area contributed by atoms with Gasteiger partial charge in [-0.1, -0.05) is 25.1 Å². The molecule has 1 heterocycles. The summed E-state index contributed by atoms with van der Waals surface area (Å²) < 4.78 is 16.3. The summed E-state index contributed by atoms with van der Waals surface area (Å²) >= 11 is 0. The van der Waals surface area contributed by atoms with Crippen LogP contribution in [0.2, 0.25) is 0 Å². The molecule has 156 valence electrons. The normalized spacial score (nSPS) is 18.3. The number of ether oxygens (including phenoxy) is 3. The summed E-state index contributed by atoms with van der Waals surface area (Å²) in [5, 5.41) is 2.99. The highest BCUT2D eigenvalue weighted by Gasteiger charge is 2.31. The molecule has 0 aromatic heterocycles. The number of rotatable bonds is 9. The van der Waals surface area contributed by atoms with E-state index in [-0.39, 0.29) is 18.0 Å². The number of amides is 1. The summed E-state index contributed by atoms with van der Waals surface area (Å²) in [5.74, 6) is 2.27. The fourth-order valence-corrected chi connectivity index (χ4v) is 3.27. The van der Waals surface area contributed by atoms with Crippen molar-refractivity contribution in [2.75, 3.05) is 20.8 Å². The molecule has 0 bridgehead atoms. The lowest BCUT2D eigenvalue weighted by Gasteiger charge is -2.15. The molecule has 2 unspecified atom stereocenters. The van der Waals surface area contributed by atoms with E-state index in [0.717, 1.165) is 34.8 Å². The van der Waals surface area contributed by atoms with E-state index in [0.29, 0.717) is 19.6 Å². The first-order valence-corrected chi connectivity index (χ1v) is 9.87. The SMILES string of the molecule is CCCOc1ccc(CNC(=O)C2CC(c3ccc(OC)cc3OC)NN2)cc1. The van der Waals surface area contributed by atoms with Crippen molar-refractivity contribution in [3.63, 3.8) is 0 Å². The van der Waals surface area contributed by atoms with E-state index < -0.39 is 0 Å². The van der Waals surface area contributed by atoms with Gasteiger partial charge in [0, 0.05) is 18.2 Å². The molecule has 3 N–H and O–H groups in total. The second-order valence-electron chi connectivity index (χ2n) is 6.95. The maximum Gasteiger partial charge on any atom is 0.238 e. The fraction of sp³-hybridized carbons (Fsp3) is 0.409. The number of carbonyl (C=O) groups is 1. The van der Waals surface area contributed by atoms with E-state index >= 15 is 0 Å². The van der Waals surface area contributed by atoms with Crippen LogP contribution in [0.15, 0.2) is 42.5 Å². The van der Waals surface area contributed by atoms with E-state index in [1.54, 1.807) is 14.2 Å². The maximum absolute atomic E-state index is 12.6. The lowest BCUT2D eigenvalue weighted by atomic mass is 10.0. The molecule has 7 nitrogen and oxygen atoms in total. The Morgan fingerprint density at radius 2 is 1.83 bits per heavy atom. The van der Waals surface area contributed by atoms with Crippen LogP contribution in [0.5, 0.6) is 17.2 Å². The van der Waals surface area contributed by atoms with Gasteiger partial charge in [-0.25, -0.2) is 10.9 Å². The molecular weight excluding hydrogens is 370 g/mol. The molecule has 29 heavy (non-hydrogen) atoms. The van der Waals surface area contributed by atoms with Gasteiger partial charge in [0.15, 0.2) is 0 Å². The van der Waals surface area contributed by atoms with E-state index in [1.165, 1.54) is 0 Å². The van der Waals surface area contributed by atoms with E-state index in [4.69, 9.17) is 14.2 Å². The third kappa shape index (κ3) is 5.40. The third-order valence-corrected chi connectivity index (χ3v) is 4.90. The average molecular weight is 399 g/mol. The first-order valence-electron chi connectivity index (χ1n) is 9.87. The Morgan fingerprint density at radius 1 is 1.07 bits per heavy atom. The van der Waals surface area contributed by atoms with E-state index in [9.17, 15) is 4.79 Å². The summed E-state index contributed by atoms with van der Waals surface area (Å²) in [6.45, 7) is 3.25. The number of methoxy groups -OCH3 is 2. The van der Waals surface area contributed by atoms with Crippen LogP contribution in [-0.4, -0.2) is 32.8 Å². The molecule has 7 heteroatoms. The highest BCUT2D eigenvalue weighted by Crippen LogP contribution is 2.33. The molecule has 0 spiro atoms. The van der Waals surface area contributed by atoms with Crippen molar-refractivity contribution >= 4 is 5.91 Å². The minimum absolute atomic E-state index is 0.0263. The van der Waals surface area contributed by atoms with Crippen molar-refractivity contribution in [3.05, 3.63) is 53.6 Å². The Hall–Kier alpha value is -2.77. The molecule has 0 saturated carbocycles. The zero-order chi connectivity index (χ0) is 20.6. The zero-order valence-corrected chi connectivity index (χ0v) is 17.2. The molecular formula is C22H29N3O4. The summed E-state index contributed by atoms with van der Waals surface area (Å²) in [5.41, 5.74) is 8.29. The quantitative estimate of drug-likeness (QED) is 0.602. The van der Waals surface area contributed by atoms with Gasteiger partial charge in [-0.05, 0) is 36.6 Å². The van der Waals surface area contributed by atoms with Crippen LogP contribution >= 0.6 is 0 Å². The van der Waals surface area contributed by atoms with Crippen molar-refractivity contribution in [2.24, 2.45) is 0 Å². The van der Waals surface area contributed by atoms with Crippen LogP contribution in [0, 0.1) is 0 Å². The van der Waals surface area contributed by atoms with E-state index in [1.807, 2.05) is 42.5 Å². The molecule has 3 rings (SSSR count). The topological polar surface area (TPSA) is 80.9 Å². The molecule has 0 radical (unpaired) electrons. The van der Waals surface area contributed by atoms with Crippen LogP contribution in [0.3, 0.4) is 0 Å². The van der Waals surface area contributed by atoms with Crippen LogP contribution in [-0.2, 0) is 11.3 Å². The largest absolute Gasteiger partial charge is 0.497 e. The predicted molar refractivity (Wildman–Crippen MR) is 111 cm³/mol. The van der Waals surface area contributed by atoms with Gasteiger partial charge in [-0.3, -0.25) is 4.79 Å². The smallest absolute Gasteiger partial charge is 0.238 e. The molecule has 2 aromatic carbocycles. The second-order valence-corrected chi connectivity index (χ2v) is 6.95. The fourth-order valence-electron chi connectivity index (χ4n) is 3.27. The minimum Gasteiger partial charge on any atom is -0.497 e. The minimum atomic E-state index is -0.320. The maximum atomic E-state index is 12.6. The van der Waals surface area contributed by atoms with Crippen molar-refractivity contribution in [2.45, 2.75) is 38.4 Å². The molecule has 0 aliphatic carbocycles. The Labute approximate surface area is 171 Å². The summed E-state index contributed by atoms with van der Waals surface area (Å²) in [4.78, 5) is 12.6. The molecule has 2 aromatic rings. The summed E-state index contributed by atoms with van der Waals surface area (Å²) in [6.07, 6.45) is 1.60. The molecule has 2 atom stereocenters. The van der Waals surface area contributed by atoms with Crippen molar-refractivity contribution in [1.29, 1.82) is 0 Å². The molecule has 1 aliphatic heterocycles. The monoisotopic (exact) mass is 399 g/mol. The number of hydrogen-bond acceptors (Lipinski definition) is 6. The highest BCUT2D eigenvalue weighted by molar-refractivity contribution is 5.82. The summed E-state index contributed by atoms with van der Waals surface area (Å²) in [6, 6.07) is 13.1. The van der Waals surface area contributed by atoms with Gasteiger partial charge in [-0.2, -0.15) is 0 Å². The number of benzene rings is 2. The van der Waals surface area contributed by atoms with Crippen LogP contribution in [0.1, 0.15) is 36.9 Å². The van der Waals surface area contributed by atoms with Crippen molar-refractivity contribution in [1.82, 2.24) is 16.2 Å². The number of nitrogens with one attached hydrogen (secondary N) is 3. The number of hydrazine groups is 1. The van der Waals surface area contributed by atoms with Gasteiger partial charge in [0.05, 0.1) is 26.9 Å². The first kappa shape index (κ1) is 21.0. The Bertz CT molecular complexity index is 810. The zero-order valence-electron chi connectivity index (χ0n) is 17.2. The Kier molecular flexibility index (Phi) is 7.32. The molecule has 1 amide bonds. The highest BCUT2D eigenvalue weighted by atomic mass is 16.5. The van der Waals surface area contributed by atoms with Gasteiger partial charge in [0.2, 0.25) is 5.91 Å². The van der Waals surface area contributed by atoms with E-state index in [2.05, 4.69) is 23.1 Å². The second kappa shape index (κ2) is 10.1. The predicted octanol–water partition coefficient (Wildman–Crippen LogP) is 2.72. The van der Waals surface area contributed by atoms with Gasteiger partial charge in [0.1, 0.15) is 23.3 Å².